The molecule has 1 aliphatic rings. The number of nitrogens with two attached hydrogens (primary N) is 1. The van der Waals surface area contributed by atoms with Crippen molar-refractivity contribution in [1.82, 2.24) is 4.90 Å². The number of hydrogen-bond acceptors (Lipinski definition) is 2. The summed E-state index contributed by atoms with van der Waals surface area (Å²) in [5.74, 6) is 0.918. The van der Waals surface area contributed by atoms with Crippen molar-refractivity contribution >= 4 is 5.91 Å². The van der Waals surface area contributed by atoms with Crippen LogP contribution in [0.15, 0.2) is 30.3 Å². The fourth-order valence-corrected chi connectivity index (χ4v) is 3.33. The van der Waals surface area contributed by atoms with E-state index >= 15 is 0 Å². The lowest BCUT2D eigenvalue weighted by Gasteiger charge is -2.42. The van der Waals surface area contributed by atoms with Gasteiger partial charge in [0.05, 0.1) is 5.41 Å². The number of carbonyl (C=O) groups excluding carboxylic acids is 1. The van der Waals surface area contributed by atoms with Gasteiger partial charge in [0.2, 0.25) is 5.91 Å². The van der Waals surface area contributed by atoms with Crippen molar-refractivity contribution in [2.45, 2.75) is 51.5 Å². The van der Waals surface area contributed by atoms with Crippen molar-refractivity contribution in [2.75, 3.05) is 13.1 Å². The summed E-state index contributed by atoms with van der Waals surface area (Å²) < 4.78 is 0. The van der Waals surface area contributed by atoms with Gasteiger partial charge in [-0.25, -0.2) is 0 Å². The Balaban J connectivity index is 2.18. The largest absolute Gasteiger partial charge is 0.338 e. The molecule has 3 heteroatoms. The van der Waals surface area contributed by atoms with E-state index < -0.39 is 5.41 Å². The summed E-state index contributed by atoms with van der Waals surface area (Å²) in [5, 5.41) is 0. The molecule has 116 valence electrons. The molecule has 3 nitrogen and oxygen atoms in total. The third kappa shape index (κ3) is 3.29. The van der Waals surface area contributed by atoms with Gasteiger partial charge < -0.3 is 10.6 Å². The molecule has 0 aromatic heterocycles. The number of nitrogens with zero attached hydrogens (tertiary/aromatic N) is 1. The zero-order valence-electron chi connectivity index (χ0n) is 13.5. The van der Waals surface area contributed by atoms with E-state index in [0.717, 1.165) is 24.9 Å². The first-order valence-electron chi connectivity index (χ1n) is 8.07. The van der Waals surface area contributed by atoms with E-state index in [1.165, 1.54) is 6.42 Å². The predicted octanol–water partition coefficient (Wildman–Crippen LogP) is 2.94. The number of benzene rings is 1. The van der Waals surface area contributed by atoms with Crippen molar-refractivity contribution < 1.29 is 4.79 Å². The van der Waals surface area contributed by atoms with E-state index in [0.29, 0.717) is 12.5 Å². The van der Waals surface area contributed by atoms with Gasteiger partial charge >= 0.3 is 0 Å². The highest BCUT2D eigenvalue weighted by molar-refractivity contribution is 5.87. The number of carbonyl (C=O) groups is 1. The van der Waals surface area contributed by atoms with Gasteiger partial charge in [-0.05, 0) is 38.2 Å². The van der Waals surface area contributed by atoms with Gasteiger partial charge in [-0.3, -0.25) is 4.79 Å². The maximum atomic E-state index is 13.1. The molecule has 2 atom stereocenters. The van der Waals surface area contributed by atoms with Crippen LogP contribution in [-0.4, -0.2) is 29.9 Å². The molecule has 1 saturated heterocycles. The zero-order chi connectivity index (χ0) is 15.5. The van der Waals surface area contributed by atoms with E-state index in [1.54, 1.807) is 0 Å². The minimum absolute atomic E-state index is 0.194. The van der Waals surface area contributed by atoms with Crippen LogP contribution in [0.5, 0.6) is 0 Å². The number of rotatable bonds is 4. The Bertz CT molecular complexity index is 469. The molecule has 1 aliphatic heterocycles. The molecule has 1 fully saturated rings. The van der Waals surface area contributed by atoms with Crippen molar-refractivity contribution in [1.29, 1.82) is 0 Å². The lowest BCUT2D eigenvalue weighted by atomic mass is 9.81. The maximum absolute atomic E-state index is 13.1. The first-order valence-corrected chi connectivity index (χ1v) is 8.07. The first kappa shape index (κ1) is 16.0. The monoisotopic (exact) mass is 288 g/mol. The second kappa shape index (κ2) is 6.61. The summed E-state index contributed by atoms with van der Waals surface area (Å²) in [6, 6.07) is 10.2. The molecule has 0 saturated carbocycles. The summed E-state index contributed by atoms with van der Waals surface area (Å²) in [4.78, 5) is 15.1. The van der Waals surface area contributed by atoms with Crippen molar-refractivity contribution in [3.63, 3.8) is 0 Å². The Morgan fingerprint density at radius 2 is 2.00 bits per heavy atom. The maximum Gasteiger partial charge on any atom is 0.232 e. The van der Waals surface area contributed by atoms with Crippen LogP contribution < -0.4 is 5.73 Å². The number of likely N-dealkylation sites (tertiary alicyclic amines) is 1. The van der Waals surface area contributed by atoms with Crippen LogP contribution in [0.25, 0.3) is 0 Å². The van der Waals surface area contributed by atoms with Gasteiger partial charge in [0.15, 0.2) is 0 Å². The lowest BCUT2D eigenvalue weighted by molar-refractivity contribution is -0.140. The third-order valence-corrected chi connectivity index (χ3v) is 4.96. The first-order chi connectivity index (χ1) is 10.0. The topological polar surface area (TPSA) is 46.3 Å². The highest BCUT2D eigenvalue weighted by atomic mass is 16.2. The average molecular weight is 288 g/mol. The van der Waals surface area contributed by atoms with Crippen molar-refractivity contribution in [2.24, 2.45) is 11.7 Å². The molecule has 1 aromatic rings. The molecule has 0 aliphatic carbocycles. The van der Waals surface area contributed by atoms with E-state index in [1.807, 2.05) is 49.1 Å². The minimum Gasteiger partial charge on any atom is -0.338 e. The predicted molar refractivity (Wildman–Crippen MR) is 87.0 cm³/mol. The van der Waals surface area contributed by atoms with Crippen LogP contribution in [-0.2, 0) is 10.2 Å². The Hall–Kier alpha value is -1.35. The molecule has 0 spiro atoms. The SMILES string of the molecule is CCC1CCN(C(=O)C(C)(C)c2ccccc2)C(CN)C1. The van der Waals surface area contributed by atoms with Gasteiger partial charge in [-0.15, -0.1) is 0 Å². The van der Waals surface area contributed by atoms with Gasteiger partial charge in [-0.1, -0.05) is 43.7 Å². The summed E-state index contributed by atoms with van der Waals surface area (Å²) in [7, 11) is 0. The normalized spacial score (nSPS) is 23.1. The summed E-state index contributed by atoms with van der Waals surface area (Å²) in [5.41, 5.74) is 6.52. The molecule has 21 heavy (non-hydrogen) atoms. The Morgan fingerprint density at radius 1 is 1.33 bits per heavy atom. The van der Waals surface area contributed by atoms with Crippen LogP contribution in [0.4, 0.5) is 0 Å². The molecule has 0 bridgehead atoms. The number of hydrogen-bond donors (Lipinski definition) is 1. The highest BCUT2D eigenvalue weighted by Crippen LogP contribution is 2.31. The molecular formula is C18H28N2O. The minimum atomic E-state index is -0.492. The van der Waals surface area contributed by atoms with E-state index in [9.17, 15) is 4.79 Å². The van der Waals surface area contributed by atoms with Crippen LogP contribution in [0.1, 0.15) is 45.6 Å². The van der Waals surface area contributed by atoms with E-state index in [2.05, 4.69) is 6.92 Å². The molecule has 1 aromatic carbocycles. The summed E-state index contributed by atoms with van der Waals surface area (Å²) in [6.07, 6.45) is 3.33. The Morgan fingerprint density at radius 3 is 2.57 bits per heavy atom. The molecule has 2 N–H and O–H groups in total. The summed E-state index contributed by atoms with van der Waals surface area (Å²) in [6.45, 7) is 7.67. The molecule has 1 amide bonds. The molecular weight excluding hydrogens is 260 g/mol. The van der Waals surface area contributed by atoms with Gasteiger partial charge in [-0.2, -0.15) is 0 Å². The van der Waals surface area contributed by atoms with Crippen LogP contribution in [0.2, 0.25) is 0 Å². The lowest BCUT2D eigenvalue weighted by Crippen LogP contribution is -2.54. The van der Waals surface area contributed by atoms with Gasteiger partial charge in [0, 0.05) is 19.1 Å². The Kier molecular flexibility index (Phi) is 5.04. The second-order valence-corrected chi connectivity index (χ2v) is 6.68. The Labute approximate surface area is 128 Å². The standard InChI is InChI=1S/C18H28N2O/c1-4-14-10-11-20(16(12-14)13-19)17(21)18(2,3)15-8-6-5-7-9-15/h5-9,14,16H,4,10-13,19H2,1-3H3. The van der Waals surface area contributed by atoms with E-state index in [4.69, 9.17) is 5.73 Å². The molecule has 2 unspecified atom stereocenters. The average Bonchev–Trinajstić information content (AvgIpc) is 2.54. The van der Waals surface area contributed by atoms with E-state index in [-0.39, 0.29) is 11.9 Å². The summed E-state index contributed by atoms with van der Waals surface area (Å²) >= 11 is 0. The fraction of sp³-hybridized carbons (Fsp3) is 0.611. The molecule has 0 radical (unpaired) electrons. The second-order valence-electron chi connectivity index (χ2n) is 6.68. The van der Waals surface area contributed by atoms with Crippen molar-refractivity contribution in [3.8, 4) is 0 Å². The van der Waals surface area contributed by atoms with Crippen LogP contribution >= 0.6 is 0 Å². The van der Waals surface area contributed by atoms with Gasteiger partial charge in [0.1, 0.15) is 0 Å². The van der Waals surface area contributed by atoms with Crippen LogP contribution in [0.3, 0.4) is 0 Å². The third-order valence-electron chi connectivity index (χ3n) is 4.96. The zero-order valence-corrected chi connectivity index (χ0v) is 13.5. The van der Waals surface area contributed by atoms with Gasteiger partial charge in [0.25, 0.3) is 0 Å². The smallest absolute Gasteiger partial charge is 0.232 e. The fourth-order valence-electron chi connectivity index (χ4n) is 3.33. The molecule has 1 heterocycles. The molecule has 2 rings (SSSR count). The highest BCUT2D eigenvalue weighted by Gasteiger charge is 2.38. The number of piperidine rings is 1. The number of amides is 1. The van der Waals surface area contributed by atoms with Crippen molar-refractivity contribution in [3.05, 3.63) is 35.9 Å². The quantitative estimate of drug-likeness (QED) is 0.926. The van der Waals surface area contributed by atoms with Crippen LogP contribution in [0, 0.1) is 5.92 Å².